The Labute approximate surface area is 199 Å². The van der Waals surface area contributed by atoms with Crippen LogP contribution in [0, 0.1) is 0 Å². The van der Waals surface area contributed by atoms with Crippen LogP contribution >= 0.6 is 11.6 Å². The second-order valence-electron chi connectivity index (χ2n) is 7.80. The van der Waals surface area contributed by atoms with Crippen molar-refractivity contribution in [3.63, 3.8) is 0 Å². The standard InChI is InChI=1S/C26H20ClNO6/c1-2-32-18-6-3-5-15(12-18)23-22(25(30)26(31)28(23)14-19-7-4-10-33-19)24(29)21-13-16-11-17(27)8-9-20(16)34-21/h3-13,23,30H,2,14H2,1H3. The average Bonchev–Trinajstić information content (AvgIpc) is 3.54. The molecule has 8 heteroatoms. The quantitative estimate of drug-likeness (QED) is 0.335. The van der Waals surface area contributed by atoms with Gasteiger partial charge in [-0.05, 0) is 61.0 Å². The van der Waals surface area contributed by atoms with Crippen LogP contribution in [-0.2, 0) is 11.3 Å². The summed E-state index contributed by atoms with van der Waals surface area (Å²) in [5.41, 5.74) is 1.01. The molecule has 5 rings (SSSR count). The summed E-state index contributed by atoms with van der Waals surface area (Å²) in [5.74, 6) is -0.793. The molecule has 0 bridgehead atoms. The smallest absolute Gasteiger partial charge is 0.290 e. The second kappa shape index (κ2) is 8.76. The first kappa shape index (κ1) is 21.9. The number of benzene rings is 2. The molecule has 2 aromatic carbocycles. The van der Waals surface area contributed by atoms with Crippen LogP contribution in [0.25, 0.3) is 11.0 Å². The van der Waals surface area contributed by atoms with Crippen LogP contribution in [0.4, 0.5) is 0 Å². The second-order valence-corrected chi connectivity index (χ2v) is 8.24. The zero-order valence-corrected chi connectivity index (χ0v) is 18.9. The maximum absolute atomic E-state index is 13.6. The average molecular weight is 478 g/mol. The molecule has 0 saturated carbocycles. The van der Waals surface area contributed by atoms with Crippen LogP contribution in [-0.4, -0.2) is 28.3 Å². The molecular formula is C26H20ClNO6. The van der Waals surface area contributed by atoms with E-state index in [1.807, 2.05) is 6.92 Å². The van der Waals surface area contributed by atoms with Gasteiger partial charge in [0.05, 0.1) is 31.0 Å². The number of rotatable bonds is 7. The number of nitrogens with zero attached hydrogens (tertiary/aromatic N) is 1. The van der Waals surface area contributed by atoms with Crippen molar-refractivity contribution in [3.8, 4) is 5.75 Å². The summed E-state index contributed by atoms with van der Waals surface area (Å²) in [5, 5.41) is 12.0. The van der Waals surface area contributed by atoms with E-state index in [-0.39, 0.29) is 17.9 Å². The van der Waals surface area contributed by atoms with Crippen LogP contribution in [0.5, 0.6) is 5.75 Å². The molecule has 7 nitrogen and oxygen atoms in total. The molecule has 1 aliphatic rings. The van der Waals surface area contributed by atoms with E-state index in [0.717, 1.165) is 0 Å². The number of hydrogen-bond donors (Lipinski definition) is 1. The fourth-order valence-corrected chi connectivity index (χ4v) is 4.35. The summed E-state index contributed by atoms with van der Waals surface area (Å²) in [6.45, 7) is 2.38. The van der Waals surface area contributed by atoms with Crippen molar-refractivity contribution < 1.29 is 28.3 Å². The highest BCUT2D eigenvalue weighted by Gasteiger charge is 2.45. The third-order valence-corrected chi connectivity index (χ3v) is 5.88. The highest BCUT2D eigenvalue weighted by atomic mass is 35.5. The fraction of sp³-hybridized carbons (Fsp3) is 0.154. The van der Waals surface area contributed by atoms with Gasteiger partial charge in [0.1, 0.15) is 17.1 Å². The molecule has 0 radical (unpaired) electrons. The highest BCUT2D eigenvalue weighted by Crippen LogP contribution is 2.41. The molecule has 1 aliphatic heterocycles. The van der Waals surface area contributed by atoms with Crippen molar-refractivity contribution in [1.82, 2.24) is 4.90 Å². The number of aliphatic hydroxyl groups is 1. The van der Waals surface area contributed by atoms with Gasteiger partial charge in [-0.3, -0.25) is 9.59 Å². The highest BCUT2D eigenvalue weighted by molar-refractivity contribution is 6.31. The lowest BCUT2D eigenvalue weighted by Gasteiger charge is -2.26. The first-order valence-corrected chi connectivity index (χ1v) is 11.1. The van der Waals surface area contributed by atoms with E-state index in [1.165, 1.54) is 11.2 Å². The van der Waals surface area contributed by atoms with Crippen molar-refractivity contribution in [2.24, 2.45) is 0 Å². The molecule has 1 atom stereocenters. The topological polar surface area (TPSA) is 93.1 Å². The number of furan rings is 2. The van der Waals surface area contributed by atoms with Gasteiger partial charge in [0.2, 0.25) is 5.78 Å². The van der Waals surface area contributed by atoms with Crippen LogP contribution in [0.1, 0.15) is 34.8 Å². The third-order valence-electron chi connectivity index (χ3n) is 5.64. The summed E-state index contributed by atoms with van der Waals surface area (Å²) in [6.07, 6.45) is 1.50. The van der Waals surface area contributed by atoms with Crippen molar-refractivity contribution in [2.75, 3.05) is 6.61 Å². The van der Waals surface area contributed by atoms with E-state index in [0.29, 0.717) is 39.7 Å². The van der Waals surface area contributed by atoms with E-state index in [1.54, 1.807) is 60.7 Å². The molecule has 4 aromatic rings. The normalized spacial score (nSPS) is 16.0. The van der Waals surface area contributed by atoms with Crippen LogP contribution in [0.3, 0.4) is 0 Å². The number of ketones is 1. The number of carbonyl (C=O) groups excluding carboxylic acids is 2. The number of hydrogen-bond acceptors (Lipinski definition) is 6. The lowest BCUT2D eigenvalue weighted by molar-refractivity contribution is -0.130. The monoisotopic (exact) mass is 477 g/mol. The minimum absolute atomic E-state index is 0.00238. The van der Waals surface area contributed by atoms with Crippen molar-refractivity contribution >= 4 is 34.3 Å². The van der Waals surface area contributed by atoms with Gasteiger partial charge in [-0.25, -0.2) is 0 Å². The summed E-state index contributed by atoms with van der Waals surface area (Å²) < 4.78 is 16.8. The Kier molecular flexibility index (Phi) is 5.63. The lowest BCUT2D eigenvalue weighted by atomic mass is 9.94. The van der Waals surface area contributed by atoms with E-state index in [4.69, 9.17) is 25.2 Å². The first-order valence-electron chi connectivity index (χ1n) is 10.7. The van der Waals surface area contributed by atoms with Gasteiger partial charge in [0.15, 0.2) is 11.5 Å². The van der Waals surface area contributed by atoms with Crippen LogP contribution < -0.4 is 4.74 Å². The van der Waals surface area contributed by atoms with Gasteiger partial charge < -0.3 is 23.6 Å². The van der Waals surface area contributed by atoms with Crippen molar-refractivity contribution in [3.05, 3.63) is 100 Å². The van der Waals surface area contributed by atoms with E-state index in [2.05, 4.69) is 0 Å². The number of amides is 1. The first-order chi connectivity index (χ1) is 16.5. The number of carbonyl (C=O) groups is 2. The predicted octanol–water partition coefficient (Wildman–Crippen LogP) is 5.86. The van der Waals surface area contributed by atoms with Gasteiger partial charge in [0, 0.05) is 10.4 Å². The Balaban J connectivity index is 1.60. The molecule has 1 amide bonds. The molecule has 0 aliphatic carbocycles. The summed E-state index contributed by atoms with van der Waals surface area (Å²) >= 11 is 6.06. The van der Waals surface area contributed by atoms with E-state index >= 15 is 0 Å². The molecule has 0 fully saturated rings. The minimum atomic E-state index is -0.873. The number of fused-ring (bicyclic) bond motifs is 1. The molecule has 3 heterocycles. The molecule has 34 heavy (non-hydrogen) atoms. The van der Waals surface area contributed by atoms with Gasteiger partial charge in [-0.2, -0.15) is 0 Å². The molecule has 172 valence electrons. The Morgan fingerprint density at radius 2 is 2.00 bits per heavy atom. The predicted molar refractivity (Wildman–Crippen MR) is 125 cm³/mol. The number of halogens is 1. The summed E-state index contributed by atoms with van der Waals surface area (Å²) in [7, 11) is 0. The minimum Gasteiger partial charge on any atom is -0.503 e. The van der Waals surface area contributed by atoms with Crippen LogP contribution in [0.2, 0.25) is 5.02 Å². The molecule has 0 saturated heterocycles. The zero-order valence-electron chi connectivity index (χ0n) is 18.2. The van der Waals surface area contributed by atoms with Crippen molar-refractivity contribution in [2.45, 2.75) is 19.5 Å². The molecular weight excluding hydrogens is 458 g/mol. The van der Waals surface area contributed by atoms with Gasteiger partial charge in [0.25, 0.3) is 5.91 Å². The molecule has 1 N–H and O–H groups in total. The summed E-state index contributed by atoms with van der Waals surface area (Å²) in [6, 6.07) is 16.2. The number of aliphatic hydroxyl groups excluding tert-OH is 1. The third kappa shape index (κ3) is 3.84. The van der Waals surface area contributed by atoms with E-state index in [9.17, 15) is 14.7 Å². The van der Waals surface area contributed by atoms with E-state index < -0.39 is 23.5 Å². The maximum atomic E-state index is 13.6. The van der Waals surface area contributed by atoms with Crippen molar-refractivity contribution in [1.29, 1.82) is 0 Å². The largest absolute Gasteiger partial charge is 0.503 e. The SMILES string of the molecule is CCOc1cccc(C2C(C(=O)c3cc4cc(Cl)ccc4o3)=C(O)C(=O)N2Cc2ccco2)c1. The maximum Gasteiger partial charge on any atom is 0.290 e. The Morgan fingerprint density at radius 1 is 1.15 bits per heavy atom. The Hall–Kier alpha value is -3.97. The Bertz CT molecular complexity index is 1420. The number of ether oxygens (including phenoxy) is 1. The molecule has 1 unspecified atom stereocenters. The van der Waals surface area contributed by atoms with Gasteiger partial charge in [-0.1, -0.05) is 23.7 Å². The van der Waals surface area contributed by atoms with Gasteiger partial charge in [-0.15, -0.1) is 0 Å². The lowest BCUT2D eigenvalue weighted by Crippen LogP contribution is -2.30. The van der Waals surface area contributed by atoms with Gasteiger partial charge >= 0.3 is 0 Å². The zero-order chi connectivity index (χ0) is 23.8. The number of Topliss-reactive ketones (excluding diaryl/α,β-unsaturated/α-hetero) is 1. The fourth-order valence-electron chi connectivity index (χ4n) is 4.17. The summed E-state index contributed by atoms with van der Waals surface area (Å²) in [4.78, 5) is 28.2. The molecule has 2 aromatic heterocycles. The van der Waals surface area contributed by atoms with Crippen LogP contribution in [0.15, 0.2) is 87.1 Å². The molecule has 0 spiro atoms. The Morgan fingerprint density at radius 3 is 2.76 bits per heavy atom.